The predicted molar refractivity (Wildman–Crippen MR) is 116 cm³/mol. The number of hydrogen-bond acceptors (Lipinski definition) is 6. The van der Waals surface area contributed by atoms with Crippen molar-refractivity contribution < 1.29 is 14.3 Å². The van der Waals surface area contributed by atoms with E-state index in [4.69, 9.17) is 14.5 Å². The van der Waals surface area contributed by atoms with Gasteiger partial charge in [-0.05, 0) is 61.6 Å². The highest BCUT2D eigenvalue weighted by atomic mass is 16.5. The maximum Gasteiger partial charge on any atom is 0.227 e. The number of benzene rings is 2. The Bertz CT molecular complexity index is 1110. The molecule has 0 spiro atoms. The standard InChI is InChI=1S/C24H25N3O3/c1-14-6-5-7-18(10-14)26-24-25-15(2)23-19(27-24)11-17(12-20(23)28)16-8-9-21(29-3)22(13-16)30-4/h5-10,13,17H,11-12H2,1-4H3,(H,25,26,27)/t17-/m1/s1. The number of nitrogens with zero attached hydrogens (tertiary/aromatic N) is 2. The average molecular weight is 403 g/mol. The average Bonchev–Trinajstić information content (AvgIpc) is 2.72. The van der Waals surface area contributed by atoms with E-state index in [1.807, 2.05) is 56.3 Å². The van der Waals surface area contributed by atoms with Crippen molar-refractivity contribution in [3.63, 3.8) is 0 Å². The molecule has 6 nitrogen and oxygen atoms in total. The Morgan fingerprint density at radius 3 is 2.50 bits per heavy atom. The van der Waals surface area contributed by atoms with Gasteiger partial charge in [-0.2, -0.15) is 0 Å². The van der Waals surface area contributed by atoms with Crippen molar-refractivity contribution in [3.05, 3.63) is 70.5 Å². The zero-order valence-electron chi connectivity index (χ0n) is 17.7. The normalized spacial score (nSPS) is 15.5. The summed E-state index contributed by atoms with van der Waals surface area (Å²) < 4.78 is 10.8. The molecule has 0 bridgehead atoms. The zero-order chi connectivity index (χ0) is 21.3. The van der Waals surface area contributed by atoms with Gasteiger partial charge in [0.2, 0.25) is 5.95 Å². The van der Waals surface area contributed by atoms with Crippen LogP contribution in [0.2, 0.25) is 0 Å². The number of aryl methyl sites for hydroxylation is 2. The summed E-state index contributed by atoms with van der Waals surface area (Å²) in [4.78, 5) is 22.2. The lowest BCUT2D eigenvalue weighted by Gasteiger charge is -2.25. The number of anilines is 2. The van der Waals surface area contributed by atoms with E-state index in [1.165, 1.54) is 0 Å². The highest BCUT2D eigenvalue weighted by Gasteiger charge is 2.30. The van der Waals surface area contributed by atoms with E-state index in [9.17, 15) is 4.79 Å². The van der Waals surface area contributed by atoms with Crippen molar-refractivity contribution in [1.29, 1.82) is 0 Å². The van der Waals surface area contributed by atoms with Gasteiger partial charge in [0.1, 0.15) is 0 Å². The summed E-state index contributed by atoms with van der Waals surface area (Å²) in [7, 11) is 3.23. The van der Waals surface area contributed by atoms with Crippen LogP contribution in [0.4, 0.5) is 11.6 Å². The number of carbonyl (C=O) groups is 1. The maximum absolute atomic E-state index is 12.9. The summed E-state index contributed by atoms with van der Waals surface area (Å²) in [5.74, 6) is 1.96. The van der Waals surface area contributed by atoms with Gasteiger partial charge in [-0.25, -0.2) is 9.97 Å². The van der Waals surface area contributed by atoms with Crippen LogP contribution in [-0.4, -0.2) is 30.0 Å². The molecule has 0 saturated heterocycles. The molecule has 0 radical (unpaired) electrons. The van der Waals surface area contributed by atoms with Crippen LogP contribution in [0.15, 0.2) is 42.5 Å². The molecule has 0 saturated carbocycles. The largest absolute Gasteiger partial charge is 0.493 e. The number of nitrogens with one attached hydrogen (secondary N) is 1. The fourth-order valence-electron chi connectivity index (χ4n) is 4.02. The van der Waals surface area contributed by atoms with Crippen molar-refractivity contribution in [2.45, 2.75) is 32.6 Å². The lowest BCUT2D eigenvalue weighted by atomic mass is 9.81. The third-order valence-electron chi connectivity index (χ3n) is 5.47. The molecule has 1 atom stereocenters. The minimum atomic E-state index is 0.0333. The molecule has 4 rings (SSSR count). The fraction of sp³-hybridized carbons (Fsp3) is 0.292. The summed E-state index contributed by atoms with van der Waals surface area (Å²) in [5.41, 5.74) is 5.27. The Morgan fingerprint density at radius 2 is 1.77 bits per heavy atom. The maximum atomic E-state index is 12.9. The molecule has 154 valence electrons. The van der Waals surface area contributed by atoms with Crippen LogP contribution in [0.25, 0.3) is 0 Å². The number of ketones is 1. The lowest BCUT2D eigenvalue weighted by Crippen LogP contribution is -2.23. The van der Waals surface area contributed by atoms with E-state index in [0.29, 0.717) is 41.5 Å². The molecule has 6 heteroatoms. The number of carbonyl (C=O) groups excluding carboxylic acids is 1. The third kappa shape index (κ3) is 3.85. The molecule has 1 N–H and O–H groups in total. The molecule has 1 aliphatic rings. The molecular weight excluding hydrogens is 378 g/mol. The van der Waals surface area contributed by atoms with Crippen LogP contribution < -0.4 is 14.8 Å². The zero-order valence-corrected chi connectivity index (χ0v) is 17.7. The molecule has 30 heavy (non-hydrogen) atoms. The first-order valence-corrected chi connectivity index (χ1v) is 9.94. The summed E-state index contributed by atoms with van der Waals surface area (Å²) in [6.45, 7) is 3.91. The van der Waals surface area contributed by atoms with E-state index in [1.54, 1.807) is 14.2 Å². The number of ether oxygens (including phenoxy) is 2. The second-order valence-corrected chi connectivity index (χ2v) is 7.59. The van der Waals surface area contributed by atoms with Gasteiger partial charge in [0.05, 0.1) is 31.2 Å². The van der Waals surface area contributed by atoms with Crippen molar-refractivity contribution in [2.75, 3.05) is 19.5 Å². The Morgan fingerprint density at radius 1 is 0.967 bits per heavy atom. The molecule has 3 aromatic rings. The SMILES string of the molecule is COc1ccc([C@H]2CC(=O)c3c(C)nc(Nc4cccc(C)c4)nc3C2)cc1OC. The number of hydrogen-bond donors (Lipinski definition) is 1. The minimum Gasteiger partial charge on any atom is -0.493 e. The van der Waals surface area contributed by atoms with E-state index < -0.39 is 0 Å². The fourth-order valence-corrected chi connectivity index (χ4v) is 4.02. The van der Waals surface area contributed by atoms with Gasteiger partial charge in [-0.15, -0.1) is 0 Å². The smallest absolute Gasteiger partial charge is 0.227 e. The summed E-state index contributed by atoms with van der Waals surface area (Å²) >= 11 is 0. The molecule has 0 unspecified atom stereocenters. The van der Waals surface area contributed by atoms with Crippen LogP contribution in [-0.2, 0) is 6.42 Å². The topological polar surface area (TPSA) is 73.3 Å². The highest BCUT2D eigenvalue weighted by molar-refractivity contribution is 5.99. The summed E-state index contributed by atoms with van der Waals surface area (Å²) in [5, 5.41) is 3.27. The van der Waals surface area contributed by atoms with Gasteiger partial charge >= 0.3 is 0 Å². The van der Waals surface area contributed by atoms with Gasteiger partial charge in [-0.1, -0.05) is 18.2 Å². The highest BCUT2D eigenvalue weighted by Crippen LogP contribution is 2.37. The quantitative estimate of drug-likeness (QED) is 0.662. The van der Waals surface area contributed by atoms with Gasteiger partial charge in [0.15, 0.2) is 17.3 Å². The van der Waals surface area contributed by atoms with E-state index in [2.05, 4.69) is 10.3 Å². The molecule has 0 aliphatic heterocycles. The third-order valence-corrected chi connectivity index (χ3v) is 5.47. The Kier molecular flexibility index (Phi) is 5.40. The van der Waals surface area contributed by atoms with E-state index in [0.717, 1.165) is 22.5 Å². The van der Waals surface area contributed by atoms with Crippen LogP contribution in [0.5, 0.6) is 11.5 Å². The van der Waals surface area contributed by atoms with Crippen molar-refractivity contribution in [1.82, 2.24) is 9.97 Å². The van der Waals surface area contributed by atoms with Crippen LogP contribution >= 0.6 is 0 Å². The number of rotatable bonds is 5. The first-order valence-electron chi connectivity index (χ1n) is 9.94. The molecule has 1 aromatic heterocycles. The van der Waals surface area contributed by atoms with E-state index in [-0.39, 0.29) is 11.7 Å². The minimum absolute atomic E-state index is 0.0333. The van der Waals surface area contributed by atoms with Crippen molar-refractivity contribution >= 4 is 17.4 Å². The Labute approximate surface area is 176 Å². The molecule has 0 amide bonds. The Balaban J connectivity index is 1.66. The second-order valence-electron chi connectivity index (χ2n) is 7.59. The van der Waals surface area contributed by atoms with Crippen LogP contribution in [0.1, 0.15) is 45.2 Å². The summed E-state index contributed by atoms with van der Waals surface area (Å²) in [6, 6.07) is 13.9. The van der Waals surface area contributed by atoms with Crippen molar-refractivity contribution in [3.8, 4) is 11.5 Å². The molecule has 0 fully saturated rings. The number of Topliss-reactive ketones (excluding diaryl/α,β-unsaturated/α-hetero) is 1. The van der Waals surface area contributed by atoms with Gasteiger partial charge < -0.3 is 14.8 Å². The predicted octanol–water partition coefficient (Wildman–Crippen LogP) is 4.77. The molecule has 2 aromatic carbocycles. The Hall–Kier alpha value is -3.41. The second kappa shape index (κ2) is 8.14. The monoisotopic (exact) mass is 403 g/mol. The van der Waals surface area contributed by atoms with Crippen LogP contribution in [0, 0.1) is 13.8 Å². The number of methoxy groups -OCH3 is 2. The molecule has 1 heterocycles. The van der Waals surface area contributed by atoms with E-state index >= 15 is 0 Å². The molecule has 1 aliphatic carbocycles. The molecular formula is C24H25N3O3. The number of aromatic nitrogens is 2. The first-order chi connectivity index (χ1) is 14.5. The lowest BCUT2D eigenvalue weighted by molar-refractivity contribution is 0.0962. The number of fused-ring (bicyclic) bond motifs is 1. The van der Waals surface area contributed by atoms with Gasteiger partial charge in [0, 0.05) is 12.1 Å². The van der Waals surface area contributed by atoms with Crippen LogP contribution in [0.3, 0.4) is 0 Å². The van der Waals surface area contributed by atoms with Gasteiger partial charge in [-0.3, -0.25) is 4.79 Å². The van der Waals surface area contributed by atoms with Gasteiger partial charge in [0.25, 0.3) is 0 Å². The summed E-state index contributed by atoms with van der Waals surface area (Å²) in [6.07, 6.45) is 1.10. The van der Waals surface area contributed by atoms with Crippen molar-refractivity contribution in [2.24, 2.45) is 0 Å². The first kappa shape index (κ1) is 19.9.